The Morgan fingerprint density at radius 3 is 2.35 bits per heavy atom. The van der Waals surface area contributed by atoms with Crippen molar-refractivity contribution in [3.8, 4) is 11.3 Å². The summed E-state index contributed by atoms with van der Waals surface area (Å²) >= 11 is 0. The molecule has 3 nitrogen and oxygen atoms in total. The molecule has 0 radical (unpaired) electrons. The Kier molecular flexibility index (Phi) is 6.31. The number of anilines is 1. The molecule has 4 aromatic rings. The maximum absolute atomic E-state index is 4.74. The molecular weight excluding hydrogens is 559 g/mol. The summed E-state index contributed by atoms with van der Waals surface area (Å²) in [5, 5.41) is 1.26. The van der Waals surface area contributed by atoms with Crippen molar-refractivity contribution in [3.05, 3.63) is 115 Å². The first-order valence-electron chi connectivity index (χ1n) is 9.87. The molecule has 1 aromatic heterocycles. The number of para-hydroxylation sites is 1. The first-order chi connectivity index (χ1) is 14.8. The minimum Gasteiger partial charge on any atom is -0.510 e. The second kappa shape index (κ2) is 9.30. The third-order valence-corrected chi connectivity index (χ3v) is 5.06. The van der Waals surface area contributed by atoms with Crippen molar-refractivity contribution < 1.29 is 20.1 Å². The number of aromatic nitrogens is 1. The molecular formula is C27H20IrN3. The molecule has 0 unspecified atom stereocenters. The average Bonchev–Trinajstić information content (AvgIpc) is 3.43. The molecule has 1 aliphatic carbocycles. The molecule has 4 heteroatoms. The van der Waals surface area contributed by atoms with Crippen molar-refractivity contribution >= 4 is 28.7 Å². The van der Waals surface area contributed by atoms with Gasteiger partial charge in [-0.25, -0.2) is 0 Å². The van der Waals surface area contributed by atoms with Gasteiger partial charge in [-0.05, 0) is 42.3 Å². The topological polar surface area (TPSA) is 19.4 Å². The van der Waals surface area contributed by atoms with Crippen molar-refractivity contribution in [3.63, 3.8) is 0 Å². The zero-order valence-corrected chi connectivity index (χ0v) is 19.4. The van der Waals surface area contributed by atoms with E-state index < -0.39 is 0 Å². The molecule has 0 bridgehead atoms. The second-order valence-electron chi connectivity index (χ2n) is 7.18. The Labute approximate surface area is 196 Å². The summed E-state index contributed by atoms with van der Waals surface area (Å²) in [6.07, 6.45) is 8.32. The van der Waals surface area contributed by atoms with E-state index in [1.165, 1.54) is 16.5 Å². The van der Waals surface area contributed by atoms with E-state index in [1.807, 2.05) is 84.4 Å². The van der Waals surface area contributed by atoms with Crippen LogP contribution >= 0.6 is 0 Å². The Morgan fingerprint density at radius 2 is 1.65 bits per heavy atom. The van der Waals surface area contributed by atoms with E-state index in [-0.39, 0.29) is 20.1 Å². The second-order valence-corrected chi connectivity index (χ2v) is 7.18. The van der Waals surface area contributed by atoms with E-state index in [0.29, 0.717) is 0 Å². The van der Waals surface area contributed by atoms with Crippen molar-refractivity contribution in [1.82, 2.24) is 9.88 Å². The minimum atomic E-state index is 0. The van der Waals surface area contributed by atoms with Crippen LogP contribution in [0.4, 0.5) is 5.69 Å². The van der Waals surface area contributed by atoms with Gasteiger partial charge in [-0.15, -0.1) is 41.6 Å². The Bertz CT molecular complexity index is 1230. The van der Waals surface area contributed by atoms with Gasteiger partial charge in [-0.3, -0.25) is 4.98 Å². The van der Waals surface area contributed by atoms with Gasteiger partial charge >= 0.3 is 20.1 Å². The predicted molar refractivity (Wildman–Crippen MR) is 124 cm³/mol. The third kappa shape index (κ3) is 4.46. The molecule has 0 saturated carbocycles. The van der Waals surface area contributed by atoms with E-state index in [4.69, 9.17) is 4.98 Å². The Hall–Kier alpha value is -3.20. The van der Waals surface area contributed by atoms with Crippen LogP contribution in [0.25, 0.3) is 34.3 Å². The van der Waals surface area contributed by atoms with Crippen molar-refractivity contribution in [1.29, 1.82) is 0 Å². The van der Waals surface area contributed by atoms with Crippen LogP contribution in [0.3, 0.4) is 0 Å². The van der Waals surface area contributed by atoms with Gasteiger partial charge in [0.25, 0.3) is 0 Å². The molecule has 2 aliphatic rings. The smallest absolute Gasteiger partial charge is 0.510 e. The van der Waals surface area contributed by atoms with E-state index in [9.17, 15) is 0 Å². The van der Waals surface area contributed by atoms with Gasteiger partial charge in [0, 0.05) is 5.39 Å². The molecule has 152 valence electrons. The van der Waals surface area contributed by atoms with E-state index in [1.54, 1.807) is 0 Å². The average molecular weight is 579 g/mol. The van der Waals surface area contributed by atoms with Gasteiger partial charge in [0.05, 0.1) is 5.52 Å². The van der Waals surface area contributed by atoms with Gasteiger partial charge < -0.3 is 9.80 Å². The van der Waals surface area contributed by atoms with Crippen LogP contribution in [0.5, 0.6) is 0 Å². The summed E-state index contributed by atoms with van der Waals surface area (Å²) in [6, 6.07) is 30.6. The van der Waals surface area contributed by atoms with Gasteiger partial charge in [-0.2, -0.15) is 37.0 Å². The van der Waals surface area contributed by atoms with Crippen LogP contribution in [0.15, 0.2) is 85.2 Å². The SMILES string of the molecule is CN1C=CN(c2[c-]cccc2)[CH-]1.[Ir+3].[c-]1ccccc1-c1cc2c3c(cccc3n1)C=C2. The first kappa shape index (κ1) is 21.0. The van der Waals surface area contributed by atoms with Crippen molar-refractivity contribution in [2.45, 2.75) is 0 Å². The number of nitrogens with zero attached hydrogens (tertiary/aromatic N) is 3. The zero-order valence-electron chi connectivity index (χ0n) is 17.0. The third-order valence-electron chi connectivity index (χ3n) is 5.06. The Morgan fingerprint density at radius 1 is 0.839 bits per heavy atom. The van der Waals surface area contributed by atoms with Gasteiger partial charge in [0.2, 0.25) is 0 Å². The summed E-state index contributed by atoms with van der Waals surface area (Å²) in [4.78, 5) is 8.76. The Balaban J connectivity index is 0.000000156. The van der Waals surface area contributed by atoms with Crippen LogP contribution in [-0.2, 0) is 20.1 Å². The van der Waals surface area contributed by atoms with E-state index in [2.05, 4.69) is 48.6 Å². The van der Waals surface area contributed by atoms with Gasteiger partial charge in [-0.1, -0.05) is 30.4 Å². The van der Waals surface area contributed by atoms with Crippen molar-refractivity contribution in [2.24, 2.45) is 0 Å². The molecule has 6 rings (SSSR count). The van der Waals surface area contributed by atoms with E-state index >= 15 is 0 Å². The van der Waals surface area contributed by atoms with Gasteiger partial charge in [0.1, 0.15) is 0 Å². The molecule has 3 aromatic carbocycles. The summed E-state index contributed by atoms with van der Waals surface area (Å²) in [7, 11) is 2.00. The summed E-state index contributed by atoms with van der Waals surface area (Å²) in [5.41, 5.74) is 6.67. The van der Waals surface area contributed by atoms with Crippen LogP contribution in [-0.4, -0.2) is 16.9 Å². The normalized spacial score (nSPS) is 13.2. The fourth-order valence-corrected chi connectivity index (χ4v) is 3.62. The molecule has 0 atom stereocenters. The number of benzene rings is 3. The summed E-state index contributed by atoms with van der Waals surface area (Å²) < 4.78 is 0. The van der Waals surface area contributed by atoms with Crippen LogP contribution in [0.2, 0.25) is 0 Å². The van der Waals surface area contributed by atoms with Crippen molar-refractivity contribution in [2.75, 3.05) is 11.9 Å². The molecule has 0 fully saturated rings. The molecule has 0 spiro atoms. The minimum absolute atomic E-state index is 0. The summed E-state index contributed by atoms with van der Waals surface area (Å²) in [5.74, 6) is 0. The predicted octanol–water partition coefficient (Wildman–Crippen LogP) is 6.01. The van der Waals surface area contributed by atoms with Crippen LogP contribution in [0.1, 0.15) is 11.1 Å². The summed E-state index contributed by atoms with van der Waals surface area (Å²) in [6.45, 7) is 2.01. The molecule has 0 amide bonds. The fourth-order valence-electron chi connectivity index (χ4n) is 3.62. The maximum Gasteiger partial charge on any atom is 3.00 e. The fraction of sp³-hybridized carbons (Fsp3) is 0.0370. The molecule has 0 N–H and O–H groups in total. The standard InChI is InChI=1S/C17H10N.C10H10N2.Ir/c1-2-5-12(6-3-1)16-11-14-10-9-13-7-4-8-15(18-16)17(13)14;1-11-7-8-12(9-11)10-5-3-2-4-6-10;/h1-5,7-11H;2-5,7-9H,1H3;/q-1;-2;+3. The quantitative estimate of drug-likeness (QED) is 0.239. The maximum atomic E-state index is 4.74. The monoisotopic (exact) mass is 579 g/mol. The number of rotatable bonds is 2. The number of hydrogen-bond acceptors (Lipinski definition) is 3. The van der Waals surface area contributed by atoms with E-state index in [0.717, 1.165) is 22.5 Å². The largest absolute Gasteiger partial charge is 3.00 e. The number of hydrogen-bond donors (Lipinski definition) is 0. The van der Waals surface area contributed by atoms with Gasteiger partial charge in [0.15, 0.2) is 0 Å². The van der Waals surface area contributed by atoms with Crippen LogP contribution < -0.4 is 4.90 Å². The molecule has 2 heterocycles. The zero-order chi connectivity index (χ0) is 20.3. The number of pyridine rings is 1. The molecule has 1 aliphatic heterocycles. The van der Waals surface area contributed by atoms with Crippen LogP contribution in [0, 0.1) is 18.8 Å². The molecule has 31 heavy (non-hydrogen) atoms. The molecule has 0 saturated heterocycles. The first-order valence-corrected chi connectivity index (χ1v) is 9.87.